The highest BCUT2D eigenvalue weighted by Crippen LogP contribution is 2.38. The summed E-state index contributed by atoms with van der Waals surface area (Å²) in [5, 5.41) is 6.64. The number of hydrogen-bond donors (Lipinski definition) is 3. The summed E-state index contributed by atoms with van der Waals surface area (Å²) >= 11 is 0. The summed E-state index contributed by atoms with van der Waals surface area (Å²) in [6, 6.07) is 10.9. The molecule has 1 aliphatic rings. The Morgan fingerprint density at radius 3 is 2.75 bits per heavy atom. The number of ether oxygens (including phenoxy) is 3. The fourth-order valence-corrected chi connectivity index (χ4v) is 4.99. The number of benzene rings is 2. The van der Waals surface area contributed by atoms with E-state index in [0.717, 1.165) is 42.2 Å². The Morgan fingerprint density at radius 2 is 1.98 bits per heavy atom. The topological polar surface area (TPSA) is 136 Å². The fraction of sp³-hybridized carbons (Fsp3) is 0.310. The van der Waals surface area contributed by atoms with Crippen molar-refractivity contribution in [3.05, 3.63) is 48.2 Å². The first kappa shape index (κ1) is 25.5. The number of fused-ring (bicyclic) bond motifs is 2. The van der Waals surface area contributed by atoms with Crippen molar-refractivity contribution in [1.29, 1.82) is 0 Å². The second kappa shape index (κ2) is 10.8. The van der Waals surface area contributed by atoms with Crippen molar-refractivity contribution in [1.82, 2.24) is 25.3 Å². The summed E-state index contributed by atoms with van der Waals surface area (Å²) in [5.74, 6) is 1.12. The molecule has 2 aromatic carbocycles. The van der Waals surface area contributed by atoms with E-state index in [2.05, 4.69) is 20.6 Å². The van der Waals surface area contributed by atoms with Crippen LogP contribution in [0.25, 0.3) is 33.3 Å². The van der Waals surface area contributed by atoms with Crippen LogP contribution in [-0.2, 0) is 0 Å². The van der Waals surface area contributed by atoms with Gasteiger partial charge in [0.15, 0.2) is 5.58 Å². The van der Waals surface area contributed by atoms with Gasteiger partial charge in [-0.15, -0.1) is 0 Å². The molecule has 0 radical (unpaired) electrons. The molecule has 1 fully saturated rings. The molecule has 0 saturated heterocycles. The Morgan fingerprint density at radius 1 is 1.12 bits per heavy atom. The summed E-state index contributed by atoms with van der Waals surface area (Å²) in [4.78, 5) is 29.3. The molecule has 0 unspecified atom stereocenters. The van der Waals surface area contributed by atoms with E-state index in [9.17, 15) is 4.79 Å². The zero-order valence-electron chi connectivity index (χ0n) is 22.5. The zero-order valence-corrected chi connectivity index (χ0v) is 22.5. The van der Waals surface area contributed by atoms with Gasteiger partial charge in [-0.3, -0.25) is 4.79 Å². The molecule has 6 rings (SSSR count). The number of H-pyrrole nitrogens is 1. The van der Waals surface area contributed by atoms with E-state index in [1.54, 1.807) is 32.4 Å². The predicted octanol–water partition coefficient (Wildman–Crippen LogP) is 5.60. The average Bonchev–Trinajstić information content (AvgIpc) is 3.72. The summed E-state index contributed by atoms with van der Waals surface area (Å²) in [5.41, 5.74) is 4.86. The number of carbonyl (C=O) groups excluding carboxylic acids is 1. The van der Waals surface area contributed by atoms with Crippen LogP contribution in [-0.4, -0.2) is 52.7 Å². The second-order valence-electron chi connectivity index (χ2n) is 9.52. The monoisotopic (exact) mass is 542 g/mol. The number of methoxy groups -OCH3 is 1. The van der Waals surface area contributed by atoms with Crippen LogP contribution in [0.2, 0.25) is 0 Å². The molecule has 3 aromatic heterocycles. The van der Waals surface area contributed by atoms with E-state index in [1.807, 2.05) is 31.3 Å². The maximum atomic E-state index is 12.1. The molecule has 11 heteroatoms. The zero-order chi connectivity index (χ0) is 27.6. The van der Waals surface area contributed by atoms with E-state index in [-0.39, 0.29) is 18.1 Å². The molecule has 5 aromatic rings. The molecule has 3 heterocycles. The van der Waals surface area contributed by atoms with Gasteiger partial charge in [-0.2, -0.15) is 15.0 Å². The lowest BCUT2D eigenvalue weighted by molar-refractivity contribution is 0.0962. The molecular formula is C29H30N6O5. The normalized spacial score (nSPS) is 13.6. The summed E-state index contributed by atoms with van der Waals surface area (Å²) in [6.07, 6.45) is 6.44. The average molecular weight is 543 g/mol. The van der Waals surface area contributed by atoms with Crippen LogP contribution in [0.1, 0.15) is 43.0 Å². The highest BCUT2D eigenvalue weighted by atomic mass is 16.6. The minimum absolute atomic E-state index is 0.0839. The van der Waals surface area contributed by atoms with Crippen LogP contribution in [0.3, 0.4) is 0 Å². The third-order valence-electron chi connectivity index (χ3n) is 6.96. The van der Waals surface area contributed by atoms with Crippen molar-refractivity contribution < 1.29 is 23.4 Å². The lowest BCUT2D eigenvalue weighted by Gasteiger charge is -2.16. The van der Waals surface area contributed by atoms with Gasteiger partial charge in [0.2, 0.25) is 11.8 Å². The van der Waals surface area contributed by atoms with Gasteiger partial charge in [-0.05, 0) is 68.5 Å². The van der Waals surface area contributed by atoms with Crippen molar-refractivity contribution in [2.24, 2.45) is 0 Å². The smallest absolute Gasteiger partial charge is 0.394 e. The van der Waals surface area contributed by atoms with E-state index in [1.165, 1.54) is 0 Å². The van der Waals surface area contributed by atoms with E-state index in [0.29, 0.717) is 52.2 Å². The quantitative estimate of drug-likeness (QED) is 0.217. The lowest BCUT2D eigenvalue weighted by atomic mass is 10.1. The maximum Gasteiger partial charge on any atom is 0.394 e. The number of rotatable bonds is 9. The highest BCUT2D eigenvalue weighted by Gasteiger charge is 2.23. The Hall–Kier alpha value is -4.80. The number of amides is 1. The van der Waals surface area contributed by atoms with E-state index >= 15 is 0 Å². The van der Waals surface area contributed by atoms with Gasteiger partial charge in [0, 0.05) is 24.4 Å². The van der Waals surface area contributed by atoms with Gasteiger partial charge in [-0.25, -0.2) is 0 Å². The number of oxazole rings is 1. The molecule has 1 aliphatic carbocycles. The first-order chi connectivity index (χ1) is 19.6. The molecule has 0 aliphatic heterocycles. The second-order valence-corrected chi connectivity index (χ2v) is 9.52. The number of anilines is 2. The highest BCUT2D eigenvalue weighted by molar-refractivity contribution is 5.99. The summed E-state index contributed by atoms with van der Waals surface area (Å²) in [6.45, 7) is 2.36. The van der Waals surface area contributed by atoms with Gasteiger partial charge >= 0.3 is 6.08 Å². The number of hydrogen-bond acceptors (Lipinski definition) is 9. The van der Waals surface area contributed by atoms with Crippen LogP contribution < -0.4 is 24.8 Å². The van der Waals surface area contributed by atoms with Gasteiger partial charge in [-0.1, -0.05) is 6.07 Å². The standard InChI is InChI=1S/C29H30N6O5/c1-4-38-29-33-21-11-9-16(13-23(21)40-29)19-15-31-25-24(19)27(39-18-7-5-6-8-18)35-28(34-25)32-20-12-10-17(26(36)30-2)14-22(20)37-3/h9-15,18H,4-8H2,1-3H3,(H,30,36)(H2,31,32,34,35). The molecule has 0 atom stereocenters. The van der Waals surface area contributed by atoms with Gasteiger partial charge in [0.05, 0.1) is 24.8 Å². The van der Waals surface area contributed by atoms with Crippen molar-refractivity contribution in [3.8, 4) is 28.8 Å². The Kier molecular flexibility index (Phi) is 6.85. The van der Waals surface area contributed by atoms with E-state index < -0.39 is 0 Å². The van der Waals surface area contributed by atoms with Crippen LogP contribution in [0, 0.1) is 0 Å². The fourth-order valence-electron chi connectivity index (χ4n) is 4.99. The molecule has 206 valence electrons. The van der Waals surface area contributed by atoms with Gasteiger partial charge < -0.3 is 34.2 Å². The predicted molar refractivity (Wildman–Crippen MR) is 151 cm³/mol. The van der Waals surface area contributed by atoms with Crippen molar-refractivity contribution in [2.45, 2.75) is 38.7 Å². The molecule has 40 heavy (non-hydrogen) atoms. The maximum absolute atomic E-state index is 12.1. The Balaban J connectivity index is 1.40. The summed E-state index contributed by atoms with van der Waals surface area (Å²) in [7, 11) is 3.13. The van der Waals surface area contributed by atoms with Gasteiger partial charge in [0.1, 0.15) is 23.0 Å². The summed E-state index contributed by atoms with van der Waals surface area (Å²) < 4.78 is 23.2. The number of nitrogens with zero attached hydrogens (tertiary/aromatic N) is 3. The first-order valence-electron chi connectivity index (χ1n) is 13.3. The Labute approximate surface area is 230 Å². The van der Waals surface area contributed by atoms with Crippen LogP contribution in [0.5, 0.6) is 17.7 Å². The van der Waals surface area contributed by atoms with Crippen LogP contribution in [0.4, 0.5) is 11.6 Å². The molecular weight excluding hydrogens is 512 g/mol. The van der Waals surface area contributed by atoms with E-state index in [4.69, 9.17) is 28.6 Å². The molecule has 0 spiro atoms. The molecule has 1 saturated carbocycles. The molecule has 1 amide bonds. The minimum atomic E-state index is -0.202. The van der Waals surface area contributed by atoms with Gasteiger partial charge in [0.25, 0.3) is 5.91 Å². The Bertz CT molecular complexity index is 1690. The van der Waals surface area contributed by atoms with Crippen molar-refractivity contribution in [3.63, 3.8) is 0 Å². The molecule has 3 N–H and O–H groups in total. The number of aromatic amines is 1. The van der Waals surface area contributed by atoms with Crippen LogP contribution >= 0.6 is 0 Å². The largest absolute Gasteiger partial charge is 0.495 e. The molecule has 11 nitrogen and oxygen atoms in total. The minimum Gasteiger partial charge on any atom is -0.495 e. The third-order valence-corrected chi connectivity index (χ3v) is 6.96. The van der Waals surface area contributed by atoms with Crippen LogP contribution in [0.15, 0.2) is 47.0 Å². The number of aromatic nitrogens is 4. The SMILES string of the molecule is CCOc1nc2ccc(-c3c[nH]c4nc(Nc5ccc(C(=O)NC)cc5OC)nc(OC5CCCC5)c34)cc2o1. The lowest BCUT2D eigenvalue weighted by Crippen LogP contribution is -2.17. The van der Waals surface area contributed by atoms with Crippen molar-refractivity contribution in [2.75, 3.05) is 26.1 Å². The number of carbonyl (C=O) groups is 1. The molecule has 0 bridgehead atoms. The first-order valence-corrected chi connectivity index (χ1v) is 13.3. The number of nitrogens with one attached hydrogen (secondary N) is 3. The third kappa shape index (κ3) is 4.86. The van der Waals surface area contributed by atoms with Crippen molar-refractivity contribution >= 4 is 39.7 Å².